The molecule has 0 amide bonds. The van der Waals surface area contributed by atoms with Gasteiger partial charge in [0.2, 0.25) is 0 Å². The van der Waals surface area contributed by atoms with Gasteiger partial charge in [0.05, 0.1) is 16.9 Å². The Morgan fingerprint density at radius 3 is 2.67 bits per heavy atom. The van der Waals surface area contributed by atoms with Crippen molar-refractivity contribution >= 4 is 33.8 Å². The van der Waals surface area contributed by atoms with Gasteiger partial charge in [0.15, 0.2) is 0 Å². The van der Waals surface area contributed by atoms with Crippen molar-refractivity contribution in [2.75, 3.05) is 11.1 Å². The van der Waals surface area contributed by atoms with Crippen molar-refractivity contribution in [2.45, 2.75) is 0 Å². The van der Waals surface area contributed by atoms with E-state index < -0.39 is 5.97 Å². The maximum atomic E-state index is 11.1. The van der Waals surface area contributed by atoms with E-state index in [1.165, 1.54) is 6.07 Å². The van der Waals surface area contributed by atoms with Gasteiger partial charge >= 0.3 is 5.97 Å². The van der Waals surface area contributed by atoms with Gasteiger partial charge in [0.25, 0.3) is 0 Å². The molecule has 0 unspecified atom stereocenters. The number of nitrogen functional groups attached to an aromatic ring is 1. The number of pyridine rings is 1. The molecule has 0 aliphatic rings. The molecule has 2 aromatic carbocycles. The van der Waals surface area contributed by atoms with Crippen molar-refractivity contribution < 1.29 is 9.90 Å². The van der Waals surface area contributed by atoms with Gasteiger partial charge in [-0.05, 0) is 29.7 Å². The number of nitrogens with one attached hydrogen (secondary N) is 1. The Kier molecular flexibility index (Phi) is 3.16. The minimum atomic E-state index is -1.05. The number of benzene rings is 2. The van der Waals surface area contributed by atoms with Crippen LogP contribution in [-0.2, 0) is 0 Å². The number of hydrogen-bond donors (Lipinski definition) is 3. The fraction of sp³-hybridized carbons (Fsp3) is 0. The van der Waals surface area contributed by atoms with E-state index in [1.807, 2.05) is 24.3 Å². The molecule has 0 bridgehead atoms. The summed E-state index contributed by atoms with van der Waals surface area (Å²) in [6.45, 7) is 0. The highest BCUT2D eigenvalue weighted by atomic mass is 16.4. The highest BCUT2D eigenvalue weighted by Crippen LogP contribution is 2.30. The molecule has 5 nitrogen and oxygen atoms in total. The van der Waals surface area contributed by atoms with E-state index in [2.05, 4.69) is 10.3 Å². The van der Waals surface area contributed by atoms with Crippen LogP contribution >= 0.6 is 0 Å². The van der Waals surface area contributed by atoms with Crippen LogP contribution in [0.15, 0.2) is 54.9 Å². The van der Waals surface area contributed by atoms with Gasteiger partial charge in [-0.2, -0.15) is 0 Å². The van der Waals surface area contributed by atoms with Gasteiger partial charge in [-0.15, -0.1) is 0 Å². The Morgan fingerprint density at radius 1 is 1.10 bits per heavy atom. The van der Waals surface area contributed by atoms with Crippen molar-refractivity contribution in [2.24, 2.45) is 0 Å². The topological polar surface area (TPSA) is 88.2 Å². The summed E-state index contributed by atoms with van der Waals surface area (Å²) in [7, 11) is 0. The third-order valence-corrected chi connectivity index (χ3v) is 3.29. The van der Waals surface area contributed by atoms with Crippen LogP contribution in [0.2, 0.25) is 0 Å². The molecule has 0 atom stereocenters. The van der Waals surface area contributed by atoms with Gasteiger partial charge in [0.1, 0.15) is 0 Å². The molecule has 5 heteroatoms. The molecule has 0 saturated carbocycles. The minimum absolute atomic E-state index is 0.0818. The summed E-state index contributed by atoms with van der Waals surface area (Å²) in [5.41, 5.74) is 7.60. The van der Waals surface area contributed by atoms with Crippen molar-refractivity contribution in [3.05, 3.63) is 60.4 Å². The number of carboxylic acids is 1. The highest BCUT2D eigenvalue weighted by Gasteiger charge is 2.11. The lowest BCUT2D eigenvalue weighted by Gasteiger charge is -2.13. The molecule has 0 spiro atoms. The first-order chi connectivity index (χ1) is 10.2. The number of carboxylic acid groups (broad SMARTS) is 1. The van der Waals surface area contributed by atoms with Gasteiger partial charge in [-0.3, -0.25) is 4.98 Å². The smallest absolute Gasteiger partial charge is 0.337 e. The summed E-state index contributed by atoms with van der Waals surface area (Å²) in [5.74, 6) is -1.05. The molecule has 3 aromatic rings. The first-order valence-corrected chi connectivity index (χ1v) is 6.38. The summed E-state index contributed by atoms with van der Waals surface area (Å²) in [5, 5.41) is 14.3. The van der Waals surface area contributed by atoms with E-state index in [1.54, 1.807) is 24.5 Å². The second kappa shape index (κ2) is 5.13. The fourth-order valence-electron chi connectivity index (χ4n) is 2.23. The quantitative estimate of drug-likeness (QED) is 0.640. The number of nitrogens with zero attached hydrogens (tertiary/aromatic N) is 1. The zero-order chi connectivity index (χ0) is 14.8. The number of fused-ring (bicyclic) bond motifs is 1. The van der Waals surface area contributed by atoms with Gasteiger partial charge in [-0.1, -0.05) is 18.2 Å². The van der Waals surface area contributed by atoms with E-state index in [0.29, 0.717) is 5.69 Å². The minimum Gasteiger partial charge on any atom is -0.478 e. The average molecular weight is 279 g/mol. The van der Waals surface area contributed by atoms with E-state index in [4.69, 9.17) is 10.8 Å². The van der Waals surface area contributed by atoms with Crippen molar-refractivity contribution in [1.82, 2.24) is 4.98 Å². The largest absolute Gasteiger partial charge is 0.478 e. The molecular weight excluding hydrogens is 266 g/mol. The van der Waals surface area contributed by atoms with Crippen LogP contribution < -0.4 is 11.1 Å². The monoisotopic (exact) mass is 279 g/mol. The van der Waals surface area contributed by atoms with Crippen LogP contribution in [0.5, 0.6) is 0 Å². The molecular formula is C16H13N3O2. The number of anilines is 3. The van der Waals surface area contributed by atoms with Crippen LogP contribution in [0.1, 0.15) is 10.4 Å². The SMILES string of the molecule is Nc1c(Nc2cccc3ccncc23)cccc1C(=O)O. The summed E-state index contributed by atoms with van der Waals surface area (Å²) in [6.07, 6.45) is 3.49. The molecule has 21 heavy (non-hydrogen) atoms. The number of aromatic carboxylic acids is 1. The molecule has 0 aliphatic carbocycles. The molecule has 0 radical (unpaired) electrons. The zero-order valence-corrected chi connectivity index (χ0v) is 11.1. The Balaban J connectivity index is 2.07. The normalized spacial score (nSPS) is 10.5. The van der Waals surface area contributed by atoms with Gasteiger partial charge in [-0.25, -0.2) is 4.79 Å². The Hall–Kier alpha value is -3.08. The van der Waals surface area contributed by atoms with Gasteiger partial charge in [0, 0.05) is 23.5 Å². The third kappa shape index (κ3) is 2.36. The second-order valence-corrected chi connectivity index (χ2v) is 4.60. The van der Waals surface area contributed by atoms with E-state index in [-0.39, 0.29) is 11.3 Å². The predicted octanol–water partition coefficient (Wildman–Crippen LogP) is 3.26. The van der Waals surface area contributed by atoms with Gasteiger partial charge < -0.3 is 16.2 Å². The van der Waals surface area contributed by atoms with E-state index in [9.17, 15) is 4.79 Å². The molecule has 0 saturated heterocycles. The zero-order valence-electron chi connectivity index (χ0n) is 11.1. The summed E-state index contributed by atoms with van der Waals surface area (Å²) < 4.78 is 0. The number of hydrogen-bond acceptors (Lipinski definition) is 4. The molecule has 0 aliphatic heterocycles. The Bertz CT molecular complexity index is 825. The number of nitrogens with two attached hydrogens (primary N) is 1. The summed E-state index contributed by atoms with van der Waals surface area (Å²) >= 11 is 0. The van der Waals surface area contributed by atoms with Crippen molar-refractivity contribution in [3.8, 4) is 0 Å². The maximum Gasteiger partial charge on any atom is 0.337 e. The first-order valence-electron chi connectivity index (χ1n) is 6.38. The lowest BCUT2D eigenvalue weighted by atomic mass is 10.1. The van der Waals surface area contributed by atoms with E-state index in [0.717, 1.165) is 16.5 Å². The van der Waals surface area contributed by atoms with Crippen LogP contribution in [-0.4, -0.2) is 16.1 Å². The number of rotatable bonds is 3. The fourth-order valence-corrected chi connectivity index (χ4v) is 2.23. The molecule has 0 fully saturated rings. The number of aromatic nitrogens is 1. The van der Waals surface area contributed by atoms with E-state index >= 15 is 0 Å². The Morgan fingerprint density at radius 2 is 1.86 bits per heavy atom. The van der Waals surface area contributed by atoms with Crippen LogP contribution in [0.4, 0.5) is 17.1 Å². The van der Waals surface area contributed by atoms with Crippen LogP contribution in [0.25, 0.3) is 10.8 Å². The Labute approximate surface area is 121 Å². The predicted molar refractivity (Wildman–Crippen MR) is 82.8 cm³/mol. The standard InChI is InChI=1S/C16H13N3O2/c17-15-11(16(20)21)4-2-6-14(15)19-13-5-1-3-10-7-8-18-9-12(10)13/h1-9,19H,17H2,(H,20,21). The second-order valence-electron chi connectivity index (χ2n) is 4.60. The molecule has 3 rings (SSSR count). The van der Waals surface area contributed by atoms with Crippen molar-refractivity contribution in [3.63, 3.8) is 0 Å². The molecule has 4 N–H and O–H groups in total. The van der Waals surface area contributed by atoms with Crippen LogP contribution in [0.3, 0.4) is 0 Å². The van der Waals surface area contributed by atoms with Crippen LogP contribution in [0, 0.1) is 0 Å². The lowest BCUT2D eigenvalue weighted by molar-refractivity contribution is 0.0698. The third-order valence-electron chi connectivity index (χ3n) is 3.29. The van der Waals surface area contributed by atoms with Crippen molar-refractivity contribution in [1.29, 1.82) is 0 Å². The average Bonchev–Trinajstić information content (AvgIpc) is 2.49. The molecule has 1 aromatic heterocycles. The summed E-state index contributed by atoms with van der Waals surface area (Å²) in [6, 6.07) is 12.6. The number of carbonyl (C=O) groups is 1. The molecule has 1 heterocycles. The highest BCUT2D eigenvalue weighted by molar-refractivity contribution is 6.00. The maximum absolute atomic E-state index is 11.1. The molecule has 104 valence electrons. The summed E-state index contributed by atoms with van der Waals surface area (Å²) in [4.78, 5) is 15.2. The first kappa shape index (κ1) is 12.9. The lowest BCUT2D eigenvalue weighted by Crippen LogP contribution is -2.05. The number of para-hydroxylation sites is 1.